The summed E-state index contributed by atoms with van der Waals surface area (Å²) in [5, 5.41) is 7.64. The molecule has 0 aliphatic rings. The van der Waals surface area contributed by atoms with E-state index >= 15 is 0 Å². The van der Waals surface area contributed by atoms with Crippen LogP contribution >= 0.6 is 0 Å². The van der Waals surface area contributed by atoms with Gasteiger partial charge in [-0.1, -0.05) is 6.92 Å². The topological polar surface area (TPSA) is 48.3 Å². The van der Waals surface area contributed by atoms with Gasteiger partial charge >= 0.3 is 0 Å². The summed E-state index contributed by atoms with van der Waals surface area (Å²) in [7, 11) is 3.29. The van der Waals surface area contributed by atoms with E-state index in [1.54, 1.807) is 14.2 Å². The molecule has 0 bridgehead atoms. The van der Waals surface area contributed by atoms with Crippen LogP contribution in [0.5, 0.6) is 0 Å². The minimum absolute atomic E-state index is 0.138. The van der Waals surface area contributed by atoms with Gasteiger partial charge in [0.2, 0.25) is 0 Å². The van der Waals surface area contributed by atoms with Crippen LogP contribution in [0.2, 0.25) is 0 Å². The average Bonchev–Trinajstić information content (AvgIpc) is 2.76. The Morgan fingerprint density at radius 1 is 1.41 bits per heavy atom. The van der Waals surface area contributed by atoms with Crippen molar-refractivity contribution >= 4 is 0 Å². The van der Waals surface area contributed by atoms with Crippen molar-refractivity contribution in [2.75, 3.05) is 14.2 Å². The summed E-state index contributed by atoms with van der Waals surface area (Å²) >= 11 is 0. The van der Waals surface area contributed by atoms with Crippen LogP contribution in [-0.2, 0) is 22.6 Å². The summed E-state index contributed by atoms with van der Waals surface area (Å²) in [6.07, 6.45) is 4.84. The fourth-order valence-electron chi connectivity index (χ4n) is 1.73. The third kappa shape index (κ3) is 4.46. The summed E-state index contributed by atoms with van der Waals surface area (Å²) in [6.45, 7) is 5.92. The number of hydrogen-bond acceptors (Lipinski definition) is 4. The Balaban J connectivity index is 2.38. The molecule has 1 atom stereocenters. The lowest BCUT2D eigenvalue weighted by Crippen LogP contribution is -2.39. The Labute approximate surface area is 103 Å². The van der Waals surface area contributed by atoms with E-state index in [2.05, 4.69) is 23.5 Å². The first-order valence-electron chi connectivity index (χ1n) is 6.01. The third-order valence-electron chi connectivity index (χ3n) is 2.64. The van der Waals surface area contributed by atoms with E-state index in [0.29, 0.717) is 0 Å². The highest BCUT2D eigenvalue weighted by Crippen LogP contribution is 2.02. The lowest BCUT2D eigenvalue weighted by atomic mass is 10.3. The molecule has 98 valence electrons. The molecular weight excluding hydrogens is 218 g/mol. The molecule has 0 saturated heterocycles. The highest BCUT2D eigenvalue weighted by Gasteiger charge is 2.14. The van der Waals surface area contributed by atoms with Crippen molar-refractivity contribution in [2.24, 2.45) is 0 Å². The Bertz CT molecular complexity index is 310. The number of nitrogens with zero attached hydrogens (tertiary/aromatic N) is 2. The van der Waals surface area contributed by atoms with Gasteiger partial charge in [0.25, 0.3) is 0 Å². The largest absolute Gasteiger partial charge is 0.354 e. The molecule has 0 aliphatic carbocycles. The number of nitrogens with one attached hydrogen (secondary N) is 1. The summed E-state index contributed by atoms with van der Waals surface area (Å²) in [4.78, 5) is 0. The zero-order chi connectivity index (χ0) is 12.7. The molecule has 0 saturated carbocycles. The smallest absolute Gasteiger partial charge is 0.171 e. The van der Waals surface area contributed by atoms with Crippen LogP contribution < -0.4 is 5.32 Å². The Hall–Kier alpha value is -0.910. The fourth-order valence-corrected chi connectivity index (χ4v) is 1.73. The molecule has 1 rings (SSSR count). The molecule has 1 heterocycles. The standard InChI is InChI=1S/C12H23N3O2/c1-5-6-15-9-11(8-14-15)7-13-10(2)12(16-3)17-4/h8-10,12-13H,5-7H2,1-4H3. The number of hydrogen-bond donors (Lipinski definition) is 1. The molecule has 0 aromatic carbocycles. The van der Waals surface area contributed by atoms with Crippen molar-refractivity contribution in [3.05, 3.63) is 18.0 Å². The monoisotopic (exact) mass is 241 g/mol. The quantitative estimate of drug-likeness (QED) is 0.699. The maximum absolute atomic E-state index is 5.19. The van der Waals surface area contributed by atoms with Gasteiger partial charge in [0.05, 0.1) is 12.2 Å². The van der Waals surface area contributed by atoms with Crippen LogP contribution in [-0.4, -0.2) is 36.3 Å². The van der Waals surface area contributed by atoms with Gasteiger partial charge in [0, 0.05) is 39.1 Å². The average molecular weight is 241 g/mol. The Kier molecular flexibility index (Phi) is 6.18. The maximum atomic E-state index is 5.19. The second-order valence-electron chi connectivity index (χ2n) is 4.12. The van der Waals surface area contributed by atoms with Crippen molar-refractivity contribution in [2.45, 2.75) is 45.7 Å². The lowest BCUT2D eigenvalue weighted by molar-refractivity contribution is -0.119. The number of aromatic nitrogens is 2. The van der Waals surface area contributed by atoms with E-state index in [0.717, 1.165) is 19.5 Å². The zero-order valence-corrected chi connectivity index (χ0v) is 11.1. The lowest BCUT2D eigenvalue weighted by Gasteiger charge is -2.21. The number of methoxy groups -OCH3 is 2. The molecule has 1 aromatic rings. The summed E-state index contributed by atoms with van der Waals surface area (Å²) in [6, 6.07) is 0.138. The van der Waals surface area contributed by atoms with Gasteiger partial charge in [-0.2, -0.15) is 5.10 Å². The molecule has 17 heavy (non-hydrogen) atoms. The van der Waals surface area contributed by atoms with Crippen molar-refractivity contribution in [1.82, 2.24) is 15.1 Å². The number of ether oxygens (including phenoxy) is 2. The number of rotatable bonds is 8. The predicted octanol–water partition coefficient (Wildman–Crippen LogP) is 1.39. The van der Waals surface area contributed by atoms with Crippen molar-refractivity contribution in [1.29, 1.82) is 0 Å². The molecule has 1 aromatic heterocycles. The third-order valence-corrected chi connectivity index (χ3v) is 2.64. The summed E-state index contributed by atoms with van der Waals surface area (Å²) < 4.78 is 12.3. The molecule has 0 fully saturated rings. The SMILES string of the molecule is CCCn1cc(CNC(C)C(OC)OC)cn1. The Morgan fingerprint density at radius 2 is 2.12 bits per heavy atom. The second-order valence-corrected chi connectivity index (χ2v) is 4.12. The minimum atomic E-state index is -0.222. The first kappa shape index (κ1) is 14.2. The predicted molar refractivity (Wildman–Crippen MR) is 66.6 cm³/mol. The molecule has 5 heteroatoms. The van der Waals surface area contributed by atoms with Crippen LogP contribution in [0.4, 0.5) is 0 Å². The van der Waals surface area contributed by atoms with Crippen LogP contribution in [0.1, 0.15) is 25.8 Å². The summed E-state index contributed by atoms with van der Waals surface area (Å²) in [5.74, 6) is 0. The fraction of sp³-hybridized carbons (Fsp3) is 0.750. The maximum Gasteiger partial charge on any atom is 0.171 e. The van der Waals surface area contributed by atoms with Gasteiger partial charge in [0.15, 0.2) is 6.29 Å². The molecular formula is C12H23N3O2. The van der Waals surface area contributed by atoms with Crippen LogP contribution in [0.25, 0.3) is 0 Å². The van der Waals surface area contributed by atoms with Gasteiger partial charge in [-0.15, -0.1) is 0 Å². The van der Waals surface area contributed by atoms with Gasteiger partial charge < -0.3 is 14.8 Å². The van der Waals surface area contributed by atoms with Crippen LogP contribution in [0.15, 0.2) is 12.4 Å². The molecule has 1 N–H and O–H groups in total. The second kappa shape index (κ2) is 7.42. The molecule has 0 aliphatic heterocycles. The van der Waals surface area contributed by atoms with Gasteiger partial charge in [0.1, 0.15) is 0 Å². The van der Waals surface area contributed by atoms with Gasteiger partial charge in [-0.25, -0.2) is 0 Å². The number of aryl methyl sites for hydroxylation is 1. The van der Waals surface area contributed by atoms with Crippen molar-refractivity contribution in [3.8, 4) is 0 Å². The normalized spacial score (nSPS) is 13.2. The zero-order valence-electron chi connectivity index (χ0n) is 11.1. The molecule has 0 radical (unpaired) electrons. The van der Waals surface area contributed by atoms with E-state index in [1.807, 2.05) is 17.8 Å². The van der Waals surface area contributed by atoms with Crippen LogP contribution in [0.3, 0.4) is 0 Å². The van der Waals surface area contributed by atoms with Crippen molar-refractivity contribution in [3.63, 3.8) is 0 Å². The molecule has 0 spiro atoms. The van der Waals surface area contributed by atoms with Gasteiger partial charge in [-0.3, -0.25) is 4.68 Å². The minimum Gasteiger partial charge on any atom is -0.354 e. The van der Waals surface area contributed by atoms with E-state index in [1.165, 1.54) is 5.56 Å². The molecule has 0 amide bonds. The first-order chi connectivity index (χ1) is 8.21. The van der Waals surface area contributed by atoms with Gasteiger partial charge in [-0.05, 0) is 13.3 Å². The Morgan fingerprint density at radius 3 is 2.71 bits per heavy atom. The highest BCUT2D eigenvalue weighted by atomic mass is 16.7. The molecule has 5 nitrogen and oxygen atoms in total. The summed E-state index contributed by atoms with van der Waals surface area (Å²) in [5.41, 5.74) is 1.18. The van der Waals surface area contributed by atoms with E-state index in [9.17, 15) is 0 Å². The van der Waals surface area contributed by atoms with E-state index in [-0.39, 0.29) is 12.3 Å². The molecule has 1 unspecified atom stereocenters. The van der Waals surface area contributed by atoms with Crippen molar-refractivity contribution < 1.29 is 9.47 Å². The van der Waals surface area contributed by atoms with E-state index in [4.69, 9.17) is 9.47 Å². The van der Waals surface area contributed by atoms with E-state index < -0.39 is 0 Å². The first-order valence-corrected chi connectivity index (χ1v) is 6.01. The van der Waals surface area contributed by atoms with Crippen LogP contribution in [0, 0.1) is 0 Å². The highest BCUT2D eigenvalue weighted by molar-refractivity contribution is 5.03.